The molecule has 0 aliphatic carbocycles. The first-order valence-corrected chi connectivity index (χ1v) is 2.15. The van der Waals surface area contributed by atoms with Gasteiger partial charge in [0.05, 0.1) is 26.4 Å². The van der Waals surface area contributed by atoms with Gasteiger partial charge in [-0.3, -0.25) is 0 Å². The molecule has 0 aromatic rings. The zero-order chi connectivity index (χ0) is 4.24. The molecule has 1 aliphatic rings. The summed E-state index contributed by atoms with van der Waals surface area (Å²) in [6.07, 6.45) is 0. The summed E-state index contributed by atoms with van der Waals surface area (Å²) in [5.74, 6) is 0. The number of hydrogen-bond donors (Lipinski definition) is 0. The second-order valence-corrected chi connectivity index (χ2v) is 1.22. The molecule has 8 heavy (non-hydrogen) atoms. The van der Waals surface area contributed by atoms with Gasteiger partial charge in [-0.05, 0) is 0 Å². The molecule has 0 bridgehead atoms. The van der Waals surface area contributed by atoms with Crippen molar-refractivity contribution < 1.29 is 9.47 Å². The Hall–Kier alpha value is 1.05. The maximum absolute atomic E-state index is 4.94. The quantitative estimate of drug-likeness (QED) is 0.356. The van der Waals surface area contributed by atoms with Crippen LogP contribution in [0.3, 0.4) is 0 Å². The van der Waals surface area contributed by atoms with E-state index in [1.165, 1.54) is 0 Å². The van der Waals surface area contributed by atoms with E-state index < -0.39 is 0 Å². The van der Waals surface area contributed by atoms with Crippen LogP contribution in [0.4, 0.5) is 0 Å². The first-order valence-electron chi connectivity index (χ1n) is 2.15. The second kappa shape index (κ2) is 8.05. The fraction of sp³-hybridized carbons (Fsp3) is 1.00. The average Bonchev–Trinajstić information content (AvgIpc) is 1.72. The third kappa shape index (κ3) is 5.19. The first kappa shape index (κ1) is 11.8. The Morgan fingerprint density at radius 1 is 0.750 bits per heavy atom. The van der Waals surface area contributed by atoms with E-state index in [1.54, 1.807) is 0 Å². The monoisotopic (exact) mass is 126 g/mol. The van der Waals surface area contributed by atoms with Crippen molar-refractivity contribution in [2.24, 2.45) is 0 Å². The Morgan fingerprint density at radius 2 is 1.00 bits per heavy atom. The topological polar surface area (TPSA) is 18.5 Å². The molecule has 1 aliphatic heterocycles. The molecule has 0 unspecified atom stereocenters. The van der Waals surface area contributed by atoms with E-state index in [4.69, 9.17) is 9.47 Å². The van der Waals surface area contributed by atoms with Gasteiger partial charge in [0.25, 0.3) is 0 Å². The molecule has 0 aromatic carbocycles. The van der Waals surface area contributed by atoms with Crippen LogP contribution in [0.2, 0.25) is 0 Å². The average molecular weight is 126 g/mol. The third-order valence-corrected chi connectivity index (χ3v) is 0.744. The Labute approximate surface area is 72.2 Å². The molecular formula is C4H12AlLiO2. The van der Waals surface area contributed by atoms with Crippen LogP contribution < -0.4 is 0 Å². The molecule has 0 N–H and O–H groups in total. The molecule has 1 fully saturated rings. The van der Waals surface area contributed by atoms with Crippen molar-refractivity contribution in [3.05, 3.63) is 0 Å². The number of rotatable bonds is 0. The maximum atomic E-state index is 4.94. The van der Waals surface area contributed by atoms with Gasteiger partial charge < -0.3 is 9.47 Å². The van der Waals surface area contributed by atoms with Crippen LogP contribution in [0.1, 0.15) is 0 Å². The van der Waals surface area contributed by atoms with Gasteiger partial charge in [-0.2, -0.15) is 0 Å². The van der Waals surface area contributed by atoms with Crippen molar-refractivity contribution in [3.63, 3.8) is 0 Å². The molecule has 0 atom stereocenters. The normalized spacial score (nSPS) is 18.0. The van der Waals surface area contributed by atoms with Gasteiger partial charge in [0.15, 0.2) is 17.4 Å². The van der Waals surface area contributed by atoms with E-state index in [0.29, 0.717) is 0 Å². The molecule has 1 saturated heterocycles. The molecule has 1 rings (SSSR count). The first-order chi connectivity index (χ1) is 3.00. The Bertz CT molecular complexity index is 29.5. The van der Waals surface area contributed by atoms with Crippen molar-refractivity contribution in [2.75, 3.05) is 26.4 Å². The molecule has 0 saturated carbocycles. The minimum absolute atomic E-state index is 0. The minimum atomic E-state index is 0. The molecule has 44 valence electrons. The van der Waals surface area contributed by atoms with Crippen molar-refractivity contribution in [1.82, 2.24) is 0 Å². The van der Waals surface area contributed by atoms with Crippen LogP contribution >= 0.6 is 0 Å². The van der Waals surface area contributed by atoms with Crippen molar-refractivity contribution in [3.8, 4) is 0 Å². The Morgan fingerprint density at radius 3 is 1.12 bits per heavy atom. The van der Waals surface area contributed by atoms with Crippen LogP contribution in [0.25, 0.3) is 0 Å². The van der Waals surface area contributed by atoms with Crippen LogP contribution in [0.15, 0.2) is 0 Å². The zero-order valence-corrected chi connectivity index (χ0v) is 3.64. The summed E-state index contributed by atoms with van der Waals surface area (Å²) in [5.41, 5.74) is 0. The van der Waals surface area contributed by atoms with E-state index in [2.05, 4.69) is 0 Å². The standard InChI is InChI=1S/C4H8O2.Al.Li.4H/c1-2-6-4-3-5-1;;;;;;/h1-4H2;;;;;;. The summed E-state index contributed by atoms with van der Waals surface area (Å²) in [7, 11) is 0. The van der Waals surface area contributed by atoms with Crippen LogP contribution in [-0.2, 0) is 9.47 Å². The van der Waals surface area contributed by atoms with Crippen molar-refractivity contribution >= 4 is 36.2 Å². The number of ether oxygens (including phenoxy) is 2. The van der Waals surface area contributed by atoms with Gasteiger partial charge in [0, 0.05) is 0 Å². The van der Waals surface area contributed by atoms with Crippen LogP contribution in [0.5, 0.6) is 0 Å². The molecule has 0 aromatic heterocycles. The summed E-state index contributed by atoms with van der Waals surface area (Å²) < 4.78 is 9.89. The molecule has 0 radical (unpaired) electrons. The second-order valence-electron chi connectivity index (χ2n) is 1.22. The van der Waals surface area contributed by atoms with E-state index in [0.717, 1.165) is 26.4 Å². The van der Waals surface area contributed by atoms with Gasteiger partial charge in [0.2, 0.25) is 0 Å². The van der Waals surface area contributed by atoms with Gasteiger partial charge in [-0.15, -0.1) is 0 Å². The SMILES string of the molecule is C1COCCO1.[AlH3].[LiH]. The fourth-order valence-electron chi connectivity index (χ4n) is 0.440. The predicted octanol–water partition coefficient (Wildman–Crippen LogP) is -1.80. The summed E-state index contributed by atoms with van der Waals surface area (Å²) >= 11 is 0. The Kier molecular flexibility index (Phi) is 11.9. The summed E-state index contributed by atoms with van der Waals surface area (Å²) in [6, 6.07) is 0. The zero-order valence-electron chi connectivity index (χ0n) is 3.64. The third-order valence-electron chi connectivity index (χ3n) is 0.744. The molecular weight excluding hydrogens is 114 g/mol. The summed E-state index contributed by atoms with van der Waals surface area (Å²) in [6.45, 7) is 3.11. The summed E-state index contributed by atoms with van der Waals surface area (Å²) in [4.78, 5) is 0. The Balaban J connectivity index is 0. The molecule has 0 amide bonds. The van der Waals surface area contributed by atoms with Crippen LogP contribution in [0, 0.1) is 0 Å². The summed E-state index contributed by atoms with van der Waals surface area (Å²) in [5, 5.41) is 0. The fourth-order valence-corrected chi connectivity index (χ4v) is 0.440. The predicted molar refractivity (Wildman–Crippen MR) is 38.7 cm³/mol. The van der Waals surface area contributed by atoms with Crippen LogP contribution in [-0.4, -0.2) is 62.6 Å². The number of hydrogen-bond acceptors (Lipinski definition) is 2. The molecule has 0 spiro atoms. The molecule has 1 heterocycles. The van der Waals surface area contributed by atoms with Crippen molar-refractivity contribution in [1.29, 1.82) is 0 Å². The van der Waals surface area contributed by atoms with E-state index >= 15 is 0 Å². The van der Waals surface area contributed by atoms with E-state index in [9.17, 15) is 0 Å². The van der Waals surface area contributed by atoms with E-state index in [1.807, 2.05) is 0 Å². The molecule has 4 heteroatoms. The van der Waals surface area contributed by atoms with Crippen molar-refractivity contribution in [2.45, 2.75) is 0 Å². The van der Waals surface area contributed by atoms with E-state index in [-0.39, 0.29) is 36.2 Å². The van der Waals surface area contributed by atoms with Gasteiger partial charge in [-0.1, -0.05) is 0 Å². The van der Waals surface area contributed by atoms with Gasteiger partial charge in [-0.25, -0.2) is 0 Å². The van der Waals surface area contributed by atoms with Gasteiger partial charge >= 0.3 is 18.9 Å². The molecule has 2 nitrogen and oxygen atoms in total. The van der Waals surface area contributed by atoms with Gasteiger partial charge in [0.1, 0.15) is 0 Å².